The third kappa shape index (κ3) is 4.00. The number of carbonyl (C=O) groups is 1. The van der Waals surface area contributed by atoms with Crippen molar-refractivity contribution in [2.45, 2.75) is 31.7 Å². The fourth-order valence-corrected chi connectivity index (χ4v) is 4.43. The quantitative estimate of drug-likeness (QED) is 0.918. The van der Waals surface area contributed by atoms with E-state index >= 15 is 0 Å². The van der Waals surface area contributed by atoms with Crippen molar-refractivity contribution in [3.63, 3.8) is 0 Å². The minimum atomic E-state index is -2.98. The number of nitrogens with zero attached hydrogens (tertiary/aromatic N) is 1. The van der Waals surface area contributed by atoms with Gasteiger partial charge in [-0.05, 0) is 12.0 Å². The normalized spacial score (nSPS) is 20.6. The number of rotatable bonds is 4. The van der Waals surface area contributed by atoms with E-state index in [1.54, 1.807) is 7.05 Å². The average Bonchev–Trinajstić information content (AvgIpc) is 2.85. The molecule has 0 saturated carbocycles. The second kappa shape index (κ2) is 6.28. The van der Waals surface area contributed by atoms with Gasteiger partial charge in [-0.2, -0.15) is 0 Å². The van der Waals surface area contributed by atoms with Gasteiger partial charge >= 0.3 is 6.03 Å². The Labute approximate surface area is 132 Å². The molecule has 122 valence electrons. The van der Waals surface area contributed by atoms with E-state index in [-0.39, 0.29) is 29.0 Å². The van der Waals surface area contributed by atoms with Crippen LogP contribution in [0.15, 0.2) is 30.3 Å². The molecule has 22 heavy (non-hydrogen) atoms. The Bertz CT molecular complexity index is 626. The molecular formula is C16H24N2O3S. The summed E-state index contributed by atoms with van der Waals surface area (Å²) >= 11 is 0. The molecule has 2 amide bonds. The Hall–Kier alpha value is -1.56. The predicted octanol–water partition coefficient (Wildman–Crippen LogP) is 1.79. The topological polar surface area (TPSA) is 66.5 Å². The van der Waals surface area contributed by atoms with Gasteiger partial charge in [0.25, 0.3) is 0 Å². The molecule has 1 aliphatic rings. The summed E-state index contributed by atoms with van der Waals surface area (Å²) in [5, 5.41) is 2.92. The molecule has 5 nitrogen and oxygen atoms in total. The van der Waals surface area contributed by atoms with Crippen LogP contribution >= 0.6 is 0 Å². The van der Waals surface area contributed by atoms with Crippen molar-refractivity contribution in [2.24, 2.45) is 0 Å². The fraction of sp³-hybridized carbons (Fsp3) is 0.562. The molecule has 0 bridgehead atoms. The van der Waals surface area contributed by atoms with E-state index in [0.29, 0.717) is 13.0 Å². The van der Waals surface area contributed by atoms with E-state index in [0.717, 1.165) is 5.56 Å². The summed E-state index contributed by atoms with van der Waals surface area (Å²) in [6.07, 6.45) is 0.522. The van der Waals surface area contributed by atoms with Crippen molar-refractivity contribution in [2.75, 3.05) is 25.1 Å². The average molecular weight is 324 g/mol. The first-order valence-electron chi connectivity index (χ1n) is 7.48. The number of amides is 2. The van der Waals surface area contributed by atoms with Crippen LogP contribution < -0.4 is 5.32 Å². The summed E-state index contributed by atoms with van der Waals surface area (Å²) in [5.41, 5.74) is 0.973. The van der Waals surface area contributed by atoms with Crippen LogP contribution in [0.5, 0.6) is 0 Å². The first kappa shape index (κ1) is 16.8. The van der Waals surface area contributed by atoms with Crippen LogP contribution in [0.4, 0.5) is 4.79 Å². The first-order chi connectivity index (χ1) is 10.2. The highest BCUT2D eigenvalue weighted by Gasteiger charge is 2.33. The molecule has 1 aliphatic heterocycles. The van der Waals surface area contributed by atoms with Crippen LogP contribution in [-0.4, -0.2) is 50.5 Å². The maximum absolute atomic E-state index is 12.2. The van der Waals surface area contributed by atoms with Crippen LogP contribution in [-0.2, 0) is 15.3 Å². The first-order valence-corrected chi connectivity index (χ1v) is 9.30. The molecule has 1 N–H and O–H groups in total. The molecule has 1 unspecified atom stereocenters. The van der Waals surface area contributed by atoms with E-state index < -0.39 is 9.84 Å². The zero-order valence-corrected chi connectivity index (χ0v) is 14.2. The SMILES string of the molecule is CN(C(=O)NCC(C)(C)c1ccccc1)C1CCS(=O)(=O)C1. The summed E-state index contributed by atoms with van der Waals surface area (Å²) in [5.74, 6) is 0.240. The lowest BCUT2D eigenvalue weighted by atomic mass is 9.85. The lowest BCUT2D eigenvalue weighted by molar-refractivity contribution is 0.193. The lowest BCUT2D eigenvalue weighted by Gasteiger charge is -2.29. The second-order valence-corrected chi connectivity index (χ2v) is 8.81. The molecule has 1 aromatic carbocycles. The Balaban J connectivity index is 1.92. The van der Waals surface area contributed by atoms with E-state index in [9.17, 15) is 13.2 Å². The predicted molar refractivity (Wildman–Crippen MR) is 87.7 cm³/mol. The van der Waals surface area contributed by atoms with Crippen LogP contribution in [0, 0.1) is 0 Å². The zero-order valence-electron chi connectivity index (χ0n) is 13.4. The molecule has 0 spiro atoms. The maximum Gasteiger partial charge on any atom is 0.317 e. The summed E-state index contributed by atoms with van der Waals surface area (Å²) in [6, 6.07) is 9.57. The molecule has 2 rings (SSSR count). The van der Waals surface area contributed by atoms with Gasteiger partial charge < -0.3 is 10.2 Å². The lowest BCUT2D eigenvalue weighted by Crippen LogP contribution is -2.47. The van der Waals surface area contributed by atoms with E-state index in [2.05, 4.69) is 19.2 Å². The number of urea groups is 1. The molecule has 1 fully saturated rings. The van der Waals surface area contributed by atoms with Gasteiger partial charge in [-0.15, -0.1) is 0 Å². The van der Waals surface area contributed by atoms with E-state index in [1.165, 1.54) is 4.90 Å². The van der Waals surface area contributed by atoms with Gasteiger partial charge in [0.15, 0.2) is 9.84 Å². The van der Waals surface area contributed by atoms with Crippen molar-refractivity contribution in [1.29, 1.82) is 0 Å². The number of hydrogen-bond donors (Lipinski definition) is 1. The van der Waals surface area contributed by atoms with E-state index in [1.807, 2.05) is 30.3 Å². The molecule has 1 aromatic rings. The molecule has 6 heteroatoms. The van der Waals surface area contributed by atoms with Crippen LogP contribution in [0.3, 0.4) is 0 Å². The molecule has 0 aromatic heterocycles. The Kier molecular flexibility index (Phi) is 4.80. The van der Waals surface area contributed by atoms with Crippen LogP contribution in [0.1, 0.15) is 25.8 Å². The van der Waals surface area contributed by atoms with Crippen molar-refractivity contribution >= 4 is 15.9 Å². The molecule has 1 heterocycles. The molecule has 1 atom stereocenters. The van der Waals surface area contributed by atoms with Crippen molar-refractivity contribution in [3.8, 4) is 0 Å². The summed E-state index contributed by atoms with van der Waals surface area (Å²) in [6.45, 7) is 4.64. The highest BCUT2D eigenvalue weighted by atomic mass is 32.2. The summed E-state index contributed by atoms with van der Waals surface area (Å²) in [4.78, 5) is 13.8. The molecular weight excluding hydrogens is 300 g/mol. The standard InChI is InChI=1S/C16H24N2O3S/c1-16(2,13-7-5-4-6-8-13)12-17-15(19)18(3)14-9-10-22(20,21)11-14/h4-8,14H,9-12H2,1-3H3,(H,17,19). The molecule has 0 radical (unpaired) electrons. The number of sulfone groups is 1. The van der Waals surface area contributed by atoms with Gasteiger partial charge in [-0.25, -0.2) is 13.2 Å². The van der Waals surface area contributed by atoms with Crippen molar-refractivity contribution in [1.82, 2.24) is 10.2 Å². The summed E-state index contributed by atoms with van der Waals surface area (Å²) in [7, 11) is -1.32. The van der Waals surface area contributed by atoms with Gasteiger partial charge in [0, 0.05) is 25.0 Å². The number of hydrogen-bond acceptors (Lipinski definition) is 3. The third-order valence-electron chi connectivity index (χ3n) is 4.31. The largest absolute Gasteiger partial charge is 0.337 e. The molecule has 1 saturated heterocycles. The van der Waals surface area contributed by atoms with Gasteiger partial charge in [0.2, 0.25) is 0 Å². The minimum Gasteiger partial charge on any atom is -0.337 e. The number of benzene rings is 1. The smallest absolute Gasteiger partial charge is 0.317 e. The monoisotopic (exact) mass is 324 g/mol. The molecule has 0 aliphatic carbocycles. The maximum atomic E-state index is 12.2. The van der Waals surface area contributed by atoms with Crippen molar-refractivity contribution < 1.29 is 13.2 Å². The van der Waals surface area contributed by atoms with Crippen LogP contribution in [0.2, 0.25) is 0 Å². The Morgan fingerprint density at radius 2 is 1.95 bits per heavy atom. The van der Waals surface area contributed by atoms with Gasteiger partial charge in [0.1, 0.15) is 0 Å². The zero-order chi connectivity index (χ0) is 16.4. The van der Waals surface area contributed by atoms with Gasteiger partial charge in [-0.1, -0.05) is 44.2 Å². The van der Waals surface area contributed by atoms with Crippen LogP contribution in [0.25, 0.3) is 0 Å². The summed E-state index contributed by atoms with van der Waals surface area (Å²) < 4.78 is 23.0. The fourth-order valence-electron chi connectivity index (χ4n) is 2.66. The Morgan fingerprint density at radius 1 is 1.32 bits per heavy atom. The Morgan fingerprint density at radius 3 is 2.50 bits per heavy atom. The van der Waals surface area contributed by atoms with E-state index in [4.69, 9.17) is 0 Å². The third-order valence-corrected chi connectivity index (χ3v) is 6.06. The number of nitrogens with one attached hydrogen (secondary N) is 1. The second-order valence-electron chi connectivity index (χ2n) is 6.58. The highest BCUT2D eigenvalue weighted by Crippen LogP contribution is 2.22. The minimum absolute atomic E-state index is 0.0685. The van der Waals surface area contributed by atoms with Crippen molar-refractivity contribution in [3.05, 3.63) is 35.9 Å². The van der Waals surface area contributed by atoms with Gasteiger partial charge in [-0.3, -0.25) is 0 Å². The number of carbonyl (C=O) groups excluding carboxylic acids is 1. The highest BCUT2D eigenvalue weighted by molar-refractivity contribution is 7.91. The van der Waals surface area contributed by atoms with Gasteiger partial charge in [0.05, 0.1) is 11.5 Å².